The van der Waals surface area contributed by atoms with Crippen LogP contribution >= 0.6 is 0 Å². The minimum Gasteiger partial charge on any atom is -0.508 e. The van der Waals surface area contributed by atoms with E-state index < -0.39 is 0 Å². The molecule has 0 saturated carbocycles. The van der Waals surface area contributed by atoms with Crippen LogP contribution in [0.25, 0.3) is 10.9 Å². The maximum atomic E-state index is 12.6. The molecule has 0 fully saturated rings. The number of aliphatic hydroxyl groups is 1. The molecule has 1 aromatic heterocycles. The van der Waals surface area contributed by atoms with Gasteiger partial charge in [0.05, 0.1) is 23.4 Å². The van der Waals surface area contributed by atoms with Crippen LogP contribution in [0.15, 0.2) is 42.6 Å². The Morgan fingerprint density at radius 3 is 2.73 bits per heavy atom. The molecule has 134 valence electrons. The van der Waals surface area contributed by atoms with Crippen LogP contribution in [0.2, 0.25) is 0 Å². The fourth-order valence-corrected chi connectivity index (χ4v) is 3.04. The van der Waals surface area contributed by atoms with Gasteiger partial charge >= 0.3 is 0 Å². The number of carbonyl (C=O) groups excluding carboxylic acids is 1. The standard InChI is InChI=1S/C21H22N2O3/c1-3-5-19(26)17-11-22-20-14(12-24)6-4-7-16(20)21(17)23-18-9-8-15(25)10-13(18)2/h4,6-11,24-25H,3,5,12H2,1-2H3,(H,22,23). The van der Waals surface area contributed by atoms with Crippen LogP contribution in [-0.4, -0.2) is 21.0 Å². The molecule has 0 atom stereocenters. The third-order valence-electron chi connectivity index (χ3n) is 4.40. The van der Waals surface area contributed by atoms with E-state index in [0.29, 0.717) is 28.8 Å². The van der Waals surface area contributed by atoms with Crippen molar-refractivity contribution in [3.63, 3.8) is 0 Å². The molecule has 1 heterocycles. The Hall–Kier alpha value is -2.92. The number of hydrogen-bond acceptors (Lipinski definition) is 5. The zero-order valence-electron chi connectivity index (χ0n) is 14.9. The first kappa shape index (κ1) is 17.9. The molecular weight excluding hydrogens is 328 g/mol. The Balaban J connectivity index is 2.21. The average Bonchev–Trinajstić information content (AvgIpc) is 2.63. The molecule has 0 spiro atoms. The summed E-state index contributed by atoms with van der Waals surface area (Å²) < 4.78 is 0. The van der Waals surface area contributed by atoms with E-state index in [1.807, 2.05) is 32.0 Å². The zero-order chi connectivity index (χ0) is 18.7. The minimum absolute atomic E-state index is 0.0234. The normalized spacial score (nSPS) is 10.9. The van der Waals surface area contributed by atoms with Crippen LogP contribution in [0.1, 0.15) is 41.3 Å². The lowest BCUT2D eigenvalue weighted by Gasteiger charge is -2.17. The number of fused-ring (bicyclic) bond motifs is 1. The molecule has 0 saturated heterocycles. The van der Waals surface area contributed by atoms with Crippen LogP contribution in [0, 0.1) is 6.92 Å². The van der Waals surface area contributed by atoms with E-state index in [9.17, 15) is 15.0 Å². The lowest BCUT2D eigenvalue weighted by molar-refractivity contribution is 0.0982. The number of nitrogens with zero attached hydrogens (tertiary/aromatic N) is 1. The number of aromatic nitrogens is 1. The summed E-state index contributed by atoms with van der Waals surface area (Å²) in [6, 6.07) is 10.6. The fraction of sp³-hybridized carbons (Fsp3) is 0.238. The summed E-state index contributed by atoms with van der Waals surface area (Å²) in [7, 11) is 0. The molecule has 0 unspecified atom stereocenters. The Kier molecular flexibility index (Phi) is 5.19. The van der Waals surface area contributed by atoms with Gasteiger partial charge in [-0.1, -0.05) is 25.1 Å². The molecule has 0 aliphatic carbocycles. The van der Waals surface area contributed by atoms with Crippen LogP contribution in [0.3, 0.4) is 0 Å². The predicted molar refractivity (Wildman–Crippen MR) is 103 cm³/mol. The van der Waals surface area contributed by atoms with Gasteiger partial charge in [-0.3, -0.25) is 9.78 Å². The van der Waals surface area contributed by atoms with Crippen molar-refractivity contribution in [1.29, 1.82) is 0 Å². The van der Waals surface area contributed by atoms with Gasteiger partial charge in [0.15, 0.2) is 5.78 Å². The van der Waals surface area contributed by atoms with Crippen molar-refractivity contribution in [2.24, 2.45) is 0 Å². The predicted octanol–water partition coefficient (Wildman–Crippen LogP) is 4.47. The highest BCUT2D eigenvalue weighted by Gasteiger charge is 2.17. The van der Waals surface area contributed by atoms with E-state index in [1.165, 1.54) is 0 Å². The summed E-state index contributed by atoms with van der Waals surface area (Å²) in [5, 5.41) is 23.4. The smallest absolute Gasteiger partial charge is 0.166 e. The molecule has 26 heavy (non-hydrogen) atoms. The van der Waals surface area contributed by atoms with E-state index in [4.69, 9.17) is 0 Å². The van der Waals surface area contributed by atoms with E-state index in [1.54, 1.807) is 24.4 Å². The van der Waals surface area contributed by atoms with Gasteiger partial charge in [0.2, 0.25) is 0 Å². The van der Waals surface area contributed by atoms with Gasteiger partial charge in [0, 0.05) is 29.3 Å². The van der Waals surface area contributed by atoms with Crippen LogP contribution in [-0.2, 0) is 6.61 Å². The number of para-hydroxylation sites is 1. The molecule has 0 aliphatic heterocycles. The number of aromatic hydroxyl groups is 1. The summed E-state index contributed by atoms with van der Waals surface area (Å²) in [4.78, 5) is 17.1. The van der Waals surface area contributed by atoms with Crippen molar-refractivity contribution in [1.82, 2.24) is 4.98 Å². The number of hydrogen-bond donors (Lipinski definition) is 3. The van der Waals surface area contributed by atoms with Gasteiger partial charge < -0.3 is 15.5 Å². The number of aryl methyl sites for hydroxylation is 1. The number of phenols is 1. The molecule has 0 aliphatic rings. The number of rotatable bonds is 6. The molecule has 2 aromatic carbocycles. The van der Waals surface area contributed by atoms with Crippen molar-refractivity contribution in [3.05, 3.63) is 59.3 Å². The summed E-state index contributed by atoms with van der Waals surface area (Å²) in [6.45, 7) is 3.73. The topological polar surface area (TPSA) is 82.5 Å². The summed E-state index contributed by atoms with van der Waals surface area (Å²) in [5.41, 5.74) is 4.25. The molecule has 0 radical (unpaired) electrons. The Morgan fingerprint density at radius 1 is 1.23 bits per heavy atom. The Bertz CT molecular complexity index is 967. The number of aliphatic hydroxyl groups excluding tert-OH is 1. The Morgan fingerprint density at radius 2 is 2.04 bits per heavy atom. The molecule has 3 aromatic rings. The average molecular weight is 350 g/mol. The van der Waals surface area contributed by atoms with E-state index in [-0.39, 0.29) is 18.1 Å². The van der Waals surface area contributed by atoms with Crippen LogP contribution in [0.5, 0.6) is 5.75 Å². The lowest BCUT2D eigenvalue weighted by Crippen LogP contribution is -2.07. The first-order chi connectivity index (χ1) is 12.5. The first-order valence-electron chi connectivity index (χ1n) is 8.66. The highest BCUT2D eigenvalue weighted by molar-refractivity contribution is 6.09. The van der Waals surface area contributed by atoms with Gasteiger partial charge in [-0.15, -0.1) is 0 Å². The van der Waals surface area contributed by atoms with Crippen molar-refractivity contribution in [3.8, 4) is 5.75 Å². The molecule has 3 N–H and O–H groups in total. The van der Waals surface area contributed by atoms with Gasteiger partial charge in [0.1, 0.15) is 5.75 Å². The zero-order valence-corrected chi connectivity index (χ0v) is 14.9. The number of pyridine rings is 1. The first-order valence-corrected chi connectivity index (χ1v) is 8.66. The maximum Gasteiger partial charge on any atom is 0.166 e. The van der Waals surface area contributed by atoms with Crippen molar-refractivity contribution in [2.45, 2.75) is 33.3 Å². The molecule has 0 amide bonds. The second kappa shape index (κ2) is 7.54. The van der Waals surface area contributed by atoms with Crippen molar-refractivity contribution in [2.75, 3.05) is 5.32 Å². The number of anilines is 2. The van der Waals surface area contributed by atoms with Crippen LogP contribution in [0.4, 0.5) is 11.4 Å². The number of ketones is 1. The summed E-state index contributed by atoms with van der Waals surface area (Å²) in [5.74, 6) is 0.215. The van der Waals surface area contributed by atoms with Crippen LogP contribution < -0.4 is 5.32 Å². The Labute approximate surface area is 152 Å². The van der Waals surface area contributed by atoms with Crippen molar-refractivity contribution >= 4 is 28.1 Å². The fourth-order valence-electron chi connectivity index (χ4n) is 3.04. The third kappa shape index (κ3) is 3.39. The van der Waals surface area contributed by atoms with Crippen molar-refractivity contribution < 1.29 is 15.0 Å². The number of Topliss-reactive ketones (excluding diaryl/α,β-unsaturated/α-hetero) is 1. The molecule has 0 bridgehead atoms. The molecule has 3 rings (SSSR count). The maximum absolute atomic E-state index is 12.6. The lowest BCUT2D eigenvalue weighted by atomic mass is 10.0. The van der Waals surface area contributed by atoms with E-state index in [0.717, 1.165) is 23.1 Å². The summed E-state index contributed by atoms with van der Waals surface area (Å²) in [6.07, 6.45) is 2.78. The number of phenolic OH excluding ortho intramolecular Hbond substituents is 1. The van der Waals surface area contributed by atoms with E-state index >= 15 is 0 Å². The quantitative estimate of drug-likeness (QED) is 0.451. The van der Waals surface area contributed by atoms with Gasteiger partial charge in [-0.25, -0.2) is 0 Å². The largest absolute Gasteiger partial charge is 0.508 e. The molecule has 5 nitrogen and oxygen atoms in total. The van der Waals surface area contributed by atoms with E-state index in [2.05, 4.69) is 10.3 Å². The third-order valence-corrected chi connectivity index (χ3v) is 4.40. The van der Waals surface area contributed by atoms with Gasteiger partial charge in [-0.05, 0) is 37.1 Å². The minimum atomic E-state index is -0.121. The highest BCUT2D eigenvalue weighted by atomic mass is 16.3. The van der Waals surface area contributed by atoms with Gasteiger partial charge in [-0.2, -0.15) is 0 Å². The molecule has 5 heteroatoms. The van der Waals surface area contributed by atoms with Gasteiger partial charge in [0.25, 0.3) is 0 Å². The highest BCUT2D eigenvalue weighted by Crippen LogP contribution is 2.33. The second-order valence-corrected chi connectivity index (χ2v) is 6.32. The number of nitrogens with one attached hydrogen (secondary N) is 1. The second-order valence-electron chi connectivity index (χ2n) is 6.32. The number of benzene rings is 2. The summed E-state index contributed by atoms with van der Waals surface area (Å²) >= 11 is 0. The monoisotopic (exact) mass is 350 g/mol. The molecular formula is C21H22N2O3. The number of carbonyl (C=O) groups is 1. The SMILES string of the molecule is CCCC(=O)c1cnc2c(CO)cccc2c1Nc1ccc(O)cc1C.